The van der Waals surface area contributed by atoms with Crippen molar-refractivity contribution in [3.63, 3.8) is 0 Å². The highest BCUT2D eigenvalue weighted by atomic mass is 32.1. The van der Waals surface area contributed by atoms with Crippen LogP contribution >= 0.6 is 12.2 Å². The van der Waals surface area contributed by atoms with Gasteiger partial charge >= 0.3 is 0 Å². The van der Waals surface area contributed by atoms with Crippen molar-refractivity contribution >= 4 is 29.3 Å². The van der Waals surface area contributed by atoms with E-state index >= 15 is 0 Å². The number of aromatic nitrogens is 2. The summed E-state index contributed by atoms with van der Waals surface area (Å²) in [5.41, 5.74) is 5.33. The lowest BCUT2D eigenvalue weighted by Gasteiger charge is -2.23. The van der Waals surface area contributed by atoms with E-state index in [1.807, 2.05) is 36.0 Å². The first kappa shape index (κ1) is 26.4. The number of methoxy groups -OCH3 is 1. The van der Waals surface area contributed by atoms with Crippen molar-refractivity contribution < 1.29 is 14.3 Å². The minimum Gasteiger partial charge on any atom is -0.496 e. The fraction of sp³-hybridized carbons (Fsp3) is 0.345. The fourth-order valence-corrected chi connectivity index (χ4v) is 4.51. The molecule has 0 saturated carbocycles. The van der Waals surface area contributed by atoms with Crippen LogP contribution in [0.15, 0.2) is 54.5 Å². The molecule has 3 aromatic rings. The molecule has 1 saturated heterocycles. The number of hydrogen-bond acceptors (Lipinski definition) is 5. The maximum absolute atomic E-state index is 13.1. The first-order valence-corrected chi connectivity index (χ1v) is 12.8. The molecule has 2 aromatic carbocycles. The van der Waals surface area contributed by atoms with Crippen molar-refractivity contribution in [3.8, 4) is 11.5 Å². The largest absolute Gasteiger partial charge is 0.496 e. The molecule has 7 nitrogen and oxygen atoms in total. The number of ether oxygens (including phenoxy) is 2. The Balaban J connectivity index is 1.54. The van der Waals surface area contributed by atoms with Crippen molar-refractivity contribution in [2.45, 2.75) is 59.7 Å². The smallest absolute Gasteiger partial charge is 0.276 e. The predicted molar refractivity (Wildman–Crippen MR) is 149 cm³/mol. The van der Waals surface area contributed by atoms with Gasteiger partial charge in [0.05, 0.1) is 19.9 Å². The van der Waals surface area contributed by atoms with Gasteiger partial charge < -0.3 is 14.8 Å². The maximum Gasteiger partial charge on any atom is 0.276 e. The Morgan fingerprint density at radius 3 is 2.59 bits per heavy atom. The van der Waals surface area contributed by atoms with Crippen molar-refractivity contribution in [3.05, 3.63) is 82.3 Å². The molecule has 0 bridgehead atoms. The van der Waals surface area contributed by atoms with Crippen LogP contribution in [0, 0.1) is 6.92 Å². The lowest BCUT2D eigenvalue weighted by atomic mass is 9.86. The van der Waals surface area contributed by atoms with Crippen LogP contribution in [0.2, 0.25) is 0 Å². The van der Waals surface area contributed by atoms with Gasteiger partial charge in [-0.1, -0.05) is 39.0 Å². The summed E-state index contributed by atoms with van der Waals surface area (Å²) in [4.78, 5) is 14.7. The molecule has 1 aliphatic rings. The normalized spacial score (nSPS) is 14.9. The summed E-state index contributed by atoms with van der Waals surface area (Å²) in [5.74, 6) is 1.42. The third-order valence-electron chi connectivity index (χ3n) is 6.26. The van der Waals surface area contributed by atoms with Gasteiger partial charge in [-0.05, 0) is 72.4 Å². The lowest BCUT2D eigenvalue weighted by Crippen LogP contribution is -2.29. The Morgan fingerprint density at radius 1 is 1.14 bits per heavy atom. The van der Waals surface area contributed by atoms with Gasteiger partial charge in [0.2, 0.25) is 0 Å². The van der Waals surface area contributed by atoms with Gasteiger partial charge in [-0.2, -0.15) is 5.10 Å². The van der Waals surface area contributed by atoms with Gasteiger partial charge in [-0.3, -0.25) is 14.4 Å². The molecule has 0 aliphatic carbocycles. The number of benzene rings is 2. The van der Waals surface area contributed by atoms with Gasteiger partial charge in [0.1, 0.15) is 23.8 Å². The minimum absolute atomic E-state index is 0.0482. The van der Waals surface area contributed by atoms with E-state index in [0.29, 0.717) is 24.0 Å². The van der Waals surface area contributed by atoms with Crippen LogP contribution in [0.1, 0.15) is 55.5 Å². The monoisotopic (exact) mass is 518 g/mol. The van der Waals surface area contributed by atoms with Crippen molar-refractivity contribution in [1.82, 2.24) is 20.0 Å². The van der Waals surface area contributed by atoms with Gasteiger partial charge in [0, 0.05) is 23.9 Å². The molecule has 0 atom stereocenters. The second kappa shape index (κ2) is 10.8. The standard InChI is InChI=1S/C29H34N4O3S/c1-7-32-16-21(15-30-32)17-33-27(34)24(31-28(33)37)14-20-9-11-25(35-6)22(13-20)18-36-26-12-19(2)8-10-23(26)29(3,4)5/h8-16H,7,17-18H2,1-6H3,(H,31,37)/b24-14+. The Hall–Kier alpha value is -3.65. The Morgan fingerprint density at radius 2 is 1.92 bits per heavy atom. The Bertz CT molecular complexity index is 1350. The molecule has 1 aliphatic heterocycles. The second-order valence-corrected chi connectivity index (χ2v) is 10.6. The zero-order chi connectivity index (χ0) is 26.7. The molecule has 2 heterocycles. The number of carbonyl (C=O) groups is 1. The lowest BCUT2D eigenvalue weighted by molar-refractivity contribution is -0.122. The molecule has 1 fully saturated rings. The average Bonchev–Trinajstić information content (AvgIpc) is 3.42. The summed E-state index contributed by atoms with van der Waals surface area (Å²) in [7, 11) is 1.64. The third kappa shape index (κ3) is 6.02. The van der Waals surface area contributed by atoms with Crippen LogP contribution in [0.25, 0.3) is 6.08 Å². The molecule has 1 aromatic heterocycles. The molecule has 4 rings (SSSR count). The van der Waals surface area contributed by atoms with E-state index in [1.165, 1.54) is 0 Å². The van der Waals surface area contributed by atoms with E-state index < -0.39 is 0 Å². The number of aryl methyl sites for hydroxylation is 2. The summed E-state index contributed by atoms with van der Waals surface area (Å²) in [5, 5.41) is 7.72. The molecule has 194 valence electrons. The van der Waals surface area contributed by atoms with Gasteiger partial charge in [0.15, 0.2) is 5.11 Å². The van der Waals surface area contributed by atoms with Gasteiger partial charge in [-0.25, -0.2) is 0 Å². The fourth-order valence-electron chi connectivity index (χ4n) is 4.25. The molecule has 0 spiro atoms. The van der Waals surface area contributed by atoms with Crippen molar-refractivity contribution in [2.75, 3.05) is 7.11 Å². The molecule has 1 amide bonds. The van der Waals surface area contributed by atoms with Crippen LogP contribution in [-0.4, -0.2) is 32.8 Å². The summed E-state index contributed by atoms with van der Waals surface area (Å²) < 4.78 is 13.7. The van der Waals surface area contributed by atoms with E-state index in [2.05, 4.69) is 56.3 Å². The van der Waals surface area contributed by atoms with E-state index in [1.54, 1.807) is 24.3 Å². The average molecular weight is 519 g/mol. The highest BCUT2D eigenvalue weighted by molar-refractivity contribution is 7.80. The topological polar surface area (TPSA) is 68.6 Å². The number of nitrogens with one attached hydrogen (secondary N) is 1. The molecular formula is C29H34N4O3S. The SMILES string of the molecule is CCn1cc(CN2C(=O)/C(=C\c3ccc(OC)c(COc4cc(C)ccc4C(C)(C)C)c3)NC2=S)cn1. The van der Waals surface area contributed by atoms with Crippen LogP contribution < -0.4 is 14.8 Å². The van der Waals surface area contributed by atoms with Gasteiger partial charge in [0.25, 0.3) is 5.91 Å². The second-order valence-electron chi connectivity index (χ2n) is 10.2. The third-order valence-corrected chi connectivity index (χ3v) is 6.58. The van der Waals surface area contributed by atoms with E-state index in [-0.39, 0.29) is 11.3 Å². The predicted octanol–water partition coefficient (Wildman–Crippen LogP) is 5.35. The quantitative estimate of drug-likeness (QED) is 0.320. The number of hydrogen-bond donors (Lipinski definition) is 1. The maximum atomic E-state index is 13.1. The summed E-state index contributed by atoms with van der Waals surface area (Å²) >= 11 is 5.44. The van der Waals surface area contributed by atoms with Crippen LogP contribution in [0.3, 0.4) is 0 Å². The van der Waals surface area contributed by atoms with Crippen LogP contribution in [0.4, 0.5) is 0 Å². The Kier molecular flexibility index (Phi) is 7.68. The number of amides is 1. The summed E-state index contributed by atoms with van der Waals surface area (Å²) in [6.07, 6.45) is 5.49. The van der Waals surface area contributed by atoms with Crippen molar-refractivity contribution in [2.24, 2.45) is 0 Å². The van der Waals surface area contributed by atoms with E-state index in [0.717, 1.165) is 45.9 Å². The first-order valence-electron chi connectivity index (χ1n) is 12.4. The summed E-state index contributed by atoms with van der Waals surface area (Å²) in [6, 6.07) is 12.1. The minimum atomic E-state index is -0.169. The van der Waals surface area contributed by atoms with E-state index in [9.17, 15) is 4.79 Å². The zero-order valence-electron chi connectivity index (χ0n) is 22.3. The molecule has 37 heavy (non-hydrogen) atoms. The number of nitrogens with zero attached hydrogens (tertiary/aromatic N) is 3. The molecule has 8 heteroatoms. The molecule has 1 N–H and O–H groups in total. The van der Waals surface area contributed by atoms with Crippen LogP contribution in [-0.2, 0) is 29.9 Å². The number of rotatable bonds is 8. The molecule has 0 unspecified atom stereocenters. The Labute approximate surface area is 224 Å². The zero-order valence-corrected chi connectivity index (χ0v) is 23.1. The molecule has 0 radical (unpaired) electrons. The van der Waals surface area contributed by atoms with Gasteiger partial charge in [-0.15, -0.1) is 0 Å². The number of carbonyl (C=O) groups excluding carboxylic acids is 1. The molecular weight excluding hydrogens is 484 g/mol. The van der Waals surface area contributed by atoms with E-state index in [4.69, 9.17) is 21.7 Å². The summed E-state index contributed by atoms with van der Waals surface area (Å²) in [6.45, 7) is 12.1. The number of thiocarbonyl (C=S) groups is 1. The van der Waals surface area contributed by atoms with Crippen LogP contribution in [0.5, 0.6) is 11.5 Å². The first-order chi connectivity index (χ1) is 17.6. The highest BCUT2D eigenvalue weighted by Gasteiger charge is 2.31. The highest BCUT2D eigenvalue weighted by Crippen LogP contribution is 2.33. The van der Waals surface area contributed by atoms with Crippen molar-refractivity contribution in [1.29, 1.82) is 0 Å².